The molecule has 0 spiro atoms. The number of likely N-dealkylation sites (N-methyl/N-ethyl adjacent to an activating group) is 2. The number of piperazine rings is 1. The molecule has 1 saturated heterocycles. The molecule has 0 amide bonds. The van der Waals surface area contributed by atoms with Gasteiger partial charge in [0.25, 0.3) is 0 Å². The zero-order chi connectivity index (χ0) is 15.0. The number of hydrogen-bond donors (Lipinski definition) is 0. The molecule has 1 aliphatic heterocycles. The minimum Gasteiger partial charge on any atom is -0.325 e. The first-order valence-electron chi connectivity index (χ1n) is 7.49. The summed E-state index contributed by atoms with van der Waals surface area (Å²) < 4.78 is 2.30. The highest BCUT2D eigenvalue weighted by Crippen LogP contribution is 2.21. The Morgan fingerprint density at radius 3 is 2.86 bits per heavy atom. The molecular weight excluding hydrogens is 284 g/mol. The summed E-state index contributed by atoms with van der Waals surface area (Å²) in [5, 5.41) is 0. The van der Waals surface area contributed by atoms with Crippen molar-refractivity contribution < 1.29 is 0 Å². The predicted octanol–water partition coefficient (Wildman–Crippen LogP) is 2.33. The second-order valence-electron chi connectivity index (χ2n) is 6.16. The number of nitrogens with zero attached hydrogens (tertiary/aromatic N) is 4. The van der Waals surface area contributed by atoms with E-state index in [1.54, 1.807) is 0 Å². The summed E-state index contributed by atoms with van der Waals surface area (Å²) in [5.41, 5.74) is 3.51. The zero-order valence-corrected chi connectivity index (χ0v) is 13.8. The summed E-state index contributed by atoms with van der Waals surface area (Å²) in [6, 6.07) is 6.92. The van der Waals surface area contributed by atoms with Gasteiger partial charge in [0.2, 0.25) is 0 Å². The van der Waals surface area contributed by atoms with Gasteiger partial charge in [-0.25, -0.2) is 4.98 Å². The second kappa shape index (κ2) is 5.95. The number of hydrogen-bond acceptors (Lipinski definition) is 3. The normalized spacial score (nSPS) is 21.2. The number of imidazole rings is 1. The van der Waals surface area contributed by atoms with Gasteiger partial charge >= 0.3 is 0 Å². The van der Waals surface area contributed by atoms with Crippen molar-refractivity contribution in [3.05, 3.63) is 29.6 Å². The van der Waals surface area contributed by atoms with Crippen molar-refractivity contribution in [2.45, 2.75) is 25.4 Å². The molecule has 0 aliphatic carbocycles. The van der Waals surface area contributed by atoms with Crippen LogP contribution in [0.3, 0.4) is 0 Å². The number of alkyl halides is 1. The molecule has 0 radical (unpaired) electrons. The summed E-state index contributed by atoms with van der Waals surface area (Å²) in [5.74, 6) is 1.43. The van der Waals surface area contributed by atoms with Crippen LogP contribution in [0.15, 0.2) is 18.2 Å². The molecule has 1 unspecified atom stereocenters. The van der Waals surface area contributed by atoms with Crippen molar-refractivity contribution in [1.82, 2.24) is 19.4 Å². The van der Waals surface area contributed by atoms with Crippen LogP contribution in [-0.2, 0) is 12.4 Å². The zero-order valence-electron chi connectivity index (χ0n) is 13.0. The Kier molecular flexibility index (Phi) is 4.20. The number of fused-ring (bicyclic) bond motifs is 1. The first-order valence-corrected chi connectivity index (χ1v) is 8.02. The Morgan fingerprint density at radius 1 is 1.29 bits per heavy atom. The molecule has 5 heteroatoms. The maximum Gasteiger partial charge on any atom is 0.124 e. The van der Waals surface area contributed by atoms with Gasteiger partial charge in [0.05, 0.1) is 16.9 Å². The van der Waals surface area contributed by atoms with Crippen molar-refractivity contribution in [3.63, 3.8) is 0 Å². The lowest BCUT2D eigenvalue weighted by molar-refractivity contribution is 0.103. The summed E-state index contributed by atoms with van der Waals surface area (Å²) in [6.07, 6.45) is 0. The molecule has 1 fully saturated rings. The summed E-state index contributed by atoms with van der Waals surface area (Å²) >= 11 is 6.12. The van der Waals surface area contributed by atoms with E-state index in [9.17, 15) is 0 Å². The van der Waals surface area contributed by atoms with Gasteiger partial charge in [0.1, 0.15) is 5.82 Å². The molecule has 4 nitrogen and oxygen atoms in total. The topological polar surface area (TPSA) is 24.3 Å². The lowest BCUT2D eigenvalue weighted by Gasteiger charge is -2.38. The number of aromatic nitrogens is 2. The van der Waals surface area contributed by atoms with E-state index in [2.05, 4.69) is 58.6 Å². The van der Waals surface area contributed by atoms with E-state index in [0.29, 0.717) is 11.9 Å². The number of benzene rings is 1. The number of halogens is 1. The van der Waals surface area contributed by atoms with Crippen LogP contribution in [0, 0.1) is 6.92 Å². The van der Waals surface area contributed by atoms with Crippen molar-refractivity contribution in [2.75, 3.05) is 33.7 Å². The van der Waals surface area contributed by atoms with Gasteiger partial charge in [0, 0.05) is 32.2 Å². The quantitative estimate of drug-likeness (QED) is 0.814. The highest BCUT2D eigenvalue weighted by Gasteiger charge is 2.24. The van der Waals surface area contributed by atoms with Crippen LogP contribution in [0.2, 0.25) is 0 Å². The van der Waals surface area contributed by atoms with Crippen LogP contribution in [0.4, 0.5) is 0 Å². The SMILES string of the molecule is Cc1ccc2nc(CCl)n(CC3CN(C)CCN3C)c2c1. The van der Waals surface area contributed by atoms with Crippen molar-refractivity contribution in [1.29, 1.82) is 0 Å². The third-order valence-electron chi connectivity index (χ3n) is 4.48. The highest BCUT2D eigenvalue weighted by molar-refractivity contribution is 6.16. The van der Waals surface area contributed by atoms with E-state index in [4.69, 9.17) is 11.6 Å². The van der Waals surface area contributed by atoms with Gasteiger partial charge in [0.15, 0.2) is 0 Å². The smallest absolute Gasteiger partial charge is 0.124 e. The Morgan fingerprint density at radius 2 is 2.10 bits per heavy atom. The fourth-order valence-electron chi connectivity index (χ4n) is 3.10. The van der Waals surface area contributed by atoms with Crippen LogP contribution >= 0.6 is 11.6 Å². The van der Waals surface area contributed by atoms with Crippen LogP contribution in [0.1, 0.15) is 11.4 Å². The van der Waals surface area contributed by atoms with E-state index in [1.807, 2.05) is 0 Å². The van der Waals surface area contributed by atoms with Crippen molar-refractivity contribution in [3.8, 4) is 0 Å². The lowest BCUT2D eigenvalue weighted by Crippen LogP contribution is -2.51. The predicted molar refractivity (Wildman–Crippen MR) is 87.9 cm³/mol. The van der Waals surface area contributed by atoms with Gasteiger partial charge in [-0.15, -0.1) is 11.6 Å². The maximum atomic E-state index is 6.12. The molecule has 0 bridgehead atoms. The molecule has 0 saturated carbocycles. The van der Waals surface area contributed by atoms with Crippen LogP contribution in [0.25, 0.3) is 11.0 Å². The van der Waals surface area contributed by atoms with Gasteiger partial charge in [-0.3, -0.25) is 4.90 Å². The fraction of sp³-hybridized carbons (Fsp3) is 0.562. The van der Waals surface area contributed by atoms with Gasteiger partial charge < -0.3 is 9.47 Å². The molecule has 2 aromatic rings. The van der Waals surface area contributed by atoms with Crippen molar-refractivity contribution >= 4 is 22.6 Å². The second-order valence-corrected chi connectivity index (χ2v) is 6.43. The summed E-state index contributed by atoms with van der Waals surface area (Å²) in [7, 11) is 4.40. The largest absolute Gasteiger partial charge is 0.325 e. The Balaban J connectivity index is 1.96. The standard InChI is InChI=1S/C16H23ClN4/c1-12-4-5-14-15(8-12)21(16(9-17)18-14)11-13-10-19(2)6-7-20(13)3/h4-5,8,13H,6-7,9-11H2,1-3H3. The van der Waals surface area contributed by atoms with Crippen LogP contribution in [-0.4, -0.2) is 59.1 Å². The minimum atomic E-state index is 0.458. The van der Waals surface area contributed by atoms with E-state index < -0.39 is 0 Å². The first-order chi connectivity index (χ1) is 10.1. The van der Waals surface area contributed by atoms with Gasteiger partial charge in [-0.05, 0) is 38.7 Å². The molecule has 21 heavy (non-hydrogen) atoms. The lowest BCUT2D eigenvalue weighted by atomic mass is 10.1. The molecule has 0 N–H and O–H groups in total. The molecular formula is C16H23ClN4. The maximum absolute atomic E-state index is 6.12. The Hall–Kier alpha value is -1.10. The Labute approximate surface area is 131 Å². The van der Waals surface area contributed by atoms with Crippen LogP contribution < -0.4 is 0 Å². The average molecular weight is 307 g/mol. The molecule has 1 aromatic carbocycles. The molecule has 2 heterocycles. The average Bonchev–Trinajstić information content (AvgIpc) is 2.80. The molecule has 3 rings (SSSR count). The molecule has 1 atom stereocenters. The molecule has 1 aliphatic rings. The van der Waals surface area contributed by atoms with Crippen LogP contribution in [0.5, 0.6) is 0 Å². The summed E-state index contributed by atoms with van der Waals surface area (Å²) in [6.45, 7) is 6.41. The van der Waals surface area contributed by atoms with Crippen molar-refractivity contribution in [2.24, 2.45) is 0 Å². The van der Waals surface area contributed by atoms with Gasteiger partial charge in [-0.2, -0.15) is 0 Å². The minimum absolute atomic E-state index is 0.458. The van der Waals surface area contributed by atoms with E-state index >= 15 is 0 Å². The highest BCUT2D eigenvalue weighted by atomic mass is 35.5. The molecule has 1 aromatic heterocycles. The number of aryl methyl sites for hydroxylation is 1. The van der Waals surface area contributed by atoms with E-state index in [-0.39, 0.29) is 0 Å². The first kappa shape index (κ1) is 14.8. The third kappa shape index (κ3) is 2.93. The van der Waals surface area contributed by atoms with E-state index in [1.165, 1.54) is 11.1 Å². The fourth-order valence-corrected chi connectivity index (χ4v) is 3.30. The monoisotopic (exact) mass is 306 g/mol. The van der Waals surface area contributed by atoms with Gasteiger partial charge in [-0.1, -0.05) is 6.07 Å². The number of rotatable bonds is 3. The summed E-state index contributed by atoms with van der Waals surface area (Å²) in [4.78, 5) is 9.52. The van der Waals surface area contributed by atoms with E-state index in [0.717, 1.165) is 37.5 Å². The molecule has 114 valence electrons. The third-order valence-corrected chi connectivity index (χ3v) is 4.71. The Bertz CT molecular complexity index is 636.